The maximum atomic E-state index is 13.1. The highest BCUT2D eigenvalue weighted by Gasteiger charge is 2.11. The third kappa shape index (κ3) is 5.26. The number of aliphatic hydroxyl groups is 1. The standard InChI is InChI=1S/C14H20FNO3/c1-9(2)16-14(18)6-7-19-13-8-11(15)4-5-12(13)10(3)17/h4-5,8-10,17H,6-7H2,1-3H3,(H,16,18). The first kappa shape index (κ1) is 15.4. The quantitative estimate of drug-likeness (QED) is 0.832. The summed E-state index contributed by atoms with van der Waals surface area (Å²) in [6.07, 6.45) is -0.561. The van der Waals surface area contributed by atoms with Crippen molar-refractivity contribution in [2.24, 2.45) is 0 Å². The summed E-state index contributed by atoms with van der Waals surface area (Å²) in [5.41, 5.74) is 0.505. The number of benzene rings is 1. The molecule has 0 spiro atoms. The maximum Gasteiger partial charge on any atom is 0.223 e. The Morgan fingerprint density at radius 2 is 2.11 bits per heavy atom. The Labute approximate surface area is 112 Å². The van der Waals surface area contributed by atoms with Gasteiger partial charge in [-0.2, -0.15) is 0 Å². The summed E-state index contributed by atoms with van der Waals surface area (Å²) in [4.78, 5) is 11.4. The predicted octanol–water partition coefficient (Wildman–Crippen LogP) is 2.17. The molecule has 0 aliphatic carbocycles. The smallest absolute Gasteiger partial charge is 0.223 e. The summed E-state index contributed by atoms with van der Waals surface area (Å²) in [6.45, 7) is 5.46. The van der Waals surface area contributed by atoms with E-state index in [1.807, 2.05) is 13.8 Å². The summed E-state index contributed by atoms with van der Waals surface area (Å²) in [6, 6.07) is 4.03. The molecule has 0 saturated heterocycles. The van der Waals surface area contributed by atoms with Gasteiger partial charge in [-0.25, -0.2) is 4.39 Å². The zero-order valence-corrected chi connectivity index (χ0v) is 11.4. The van der Waals surface area contributed by atoms with E-state index in [1.54, 1.807) is 6.92 Å². The molecule has 0 radical (unpaired) electrons. The van der Waals surface area contributed by atoms with Crippen molar-refractivity contribution in [2.45, 2.75) is 39.3 Å². The largest absolute Gasteiger partial charge is 0.493 e. The second-order valence-corrected chi connectivity index (χ2v) is 4.68. The number of amides is 1. The highest BCUT2D eigenvalue weighted by Crippen LogP contribution is 2.26. The monoisotopic (exact) mass is 269 g/mol. The van der Waals surface area contributed by atoms with Crippen LogP contribution in [0.25, 0.3) is 0 Å². The summed E-state index contributed by atoms with van der Waals surface area (Å²) < 4.78 is 18.5. The molecular weight excluding hydrogens is 249 g/mol. The first-order valence-electron chi connectivity index (χ1n) is 6.30. The van der Waals surface area contributed by atoms with Gasteiger partial charge in [0, 0.05) is 17.7 Å². The van der Waals surface area contributed by atoms with E-state index in [4.69, 9.17) is 4.74 Å². The molecule has 0 aliphatic heterocycles. The molecule has 4 nitrogen and oxygen atoms in total. The Kier molecular flexibility index (Phi) is 5.76. The summed E-state index contributed by atoms with van der Waals surface area (Å²) in [5.74, 6) is -0.289. The number of carbonyl (C=O) groups is 1. The fourth-order valence-corrected chi connectivity index (χ4v) is 1.63. The number of hydrogen-bond donors (Lipinski definition) is 2. The highest BCUT2D eigenvalue weighted by molar-refractivity contribution is 5.76. The minimum absolute atomic E-state index is 0.0784. The summed E-state index contributed by atoms with van der Waals surface area (Å²) in [7, 11) is 0. The van der Waals surface area contributed by atoms with Crippen molar-refractivity contribution in [1.29, 1.82) is 0 Å². The second kappa shape index (κ2) is 7.09. The van der Waals surface area contributed by atoms with Crippen LogP contribution in [0, 0.1) is 5.82 Å². The third-order valence-corrected chi connectivity index (χ3v) is 2.46. The van der Waals surface area contributed by atoms with Crippen LogP contribution in [-0.2, 0) is 4.79 Å². The van der Waals surface area contributed by atoms with Crippen molar-refractivity contribution in [3.8, 4) is 5.75 Å². The molecule has 0 bridgehead atoms. The third-order valence-electron chi connectivity index (χ3n) is 2.46. The minimum Gasteiger partial charge on any atom is -0.493 e. The lowest BCUT2D eigenvalue weighted by molar-refractivity contribution is -0.122. The molecule has 5 heteroatoms. The van der Waals surface area contributed by atoms with Gasteiger partial charge in [0.2, 0.25) is 5.91 Å². The van der Waals surface area contributed by atoms with Crippen LogP contribution < -0.4 is 10.1 Å². The van der Waals surface area contributed by atoms with Crippen LogP contribution in [0.3, 0.4) is 0 Å². The van der Waals surface area contributed by atoms with Gasteiger partial charge in [0.05, 0.1) is 19.1 Å². The average molecular weight is 269 g/mol. The van der Waals surface area contributed by atoms with Crippen molar-refractivity contribution < 1.29 is 19.0 Å². The number of nitrogens with one attached hydrogen (secondary N) is 1. The van der Waals surface area contributed by atoms with E-state index < -0.39 is 11.9 Å². The fraction of sp³-hybridized carbons (Fsp3) is 0.500. The van der Waals surface area contributed by atoms with Crippen molar-refractivity contribution in [1.82, 2.24) is 5.32 Å². The van der Waals surface area contributed by atoms with Gasteiger partial charge in [0.15, 0.2) is 0 Å². The van der Waals surface area contributed by atoms with Crippen molar-refractivity contribution in [3.63, 3.8) is 0 Å². The molecule has 0 heterocycles. The Morgan fingerprint density at radius 1 is 1.42 bits per heavy atom. The van der Waals surface area contributed by atoms with Gasteiger partial charge in [-0.3, -0.25) is 4.79 Å². The lowest BCUT2D eigenvalue weighted by Gasteiger charge is -2.14. The lowest BCUT2D eigenvalue weighted by Crippen LogP contribution is -2.31. The number of hydrogen-bond acceptors (Lipinski definition) is 3. The first-order chi connectivity index (χ1) is 8.90. The van der Waals surface area contributed by atoms with E-state index in [2.05, 4.69) is 5.32 Å². The zero-order valence-electron chi connectivity index (χ0n) is 11.4. The van der Waals surface area contributed by atoms with E-state index >= 15 is 0 Å². The first-order valence-corrected chi connectivity index (χ1v) is 6.30. The van der Waals surface area contributed by atoms with Crippen molar-refractivity contribution in [3.05, 3.63) is 29.6 Å². The van der Waals surface area contributed by atoms with Crippen molar-refractivity contribution in [2.75, 3.05) is 6.61 Å². The van der Waals surface area contributed by atoms with Gasteiger partial charge in [0.1, 0.15) is 11.6 Å². The Hall–Kier alpha value is -1.62. The fourth-order valence-electron chi connectivity index (χ4n) is 1.63. The van der Waals surface area contributed by atoms with Gasteiger partial charge < -0.3 is 15.2 Å². The summed E-state index contributed by atoms with van der Waals surface area (Å²) >= 11 is 0. The molecular formula is C14H20FNO3. The molecule has 1 aromatic carbocycles. The Morgan fingerprint density at radius 3 is 2.68 bits per heavy atom. The van der Waals surface area contributed by atoms with E-state index in [0.29, 0.717) is 5.56 Å². The van der Waals surface area contributed by atoms with Crippen molar-refractivity contribution >= 4 is 5.91 Å². The molecule has 106 valence electrons. The molecule has 0 aromatic heterocycles. The lowest BCUT2D eigenvalue weighted by atomic mass is 10.1. The molecule has 0 aliphatic rings. The number of carbonyl (C=O) groups excluding carboxylic acids is 1. The van der Waals surface area contributed by atoms with E-state index in [1.165, 1.54) is 18.2 Å². The van der Waals surface area contributed by atoms with Gasteiger partial charge in [-0.05, 0) is 32.9 Å². The molecule has 1 aromatic rings. The molecule has 2 N–H and O–H groups in total. The highest BCUT2D eigenvalue weighted by atomic mass is 19.1. The van der Waals surface area contributed by atoms with Crippen LogP contribution >= 0.6 is 0 Å². The van der Waals surface area contributed by atoms with Gasteiger partial charge in [0.25, 0.3) is 0 Å². The maximum absolute atomic E-state index is 13.1. The molecule has 1 unspecified atom stereocenters. The molecule has 1 rings (SSSR count). The summed E-state index contributed by atoms with van der Waals surface area (Å²) in [5, 5.41) is 12.3. The van der Waals surface area contributed by atoms with E-state index in [-0.39, 0.29) is 30.7 Å². The molecule has 1 atom stereocenters. The molecule has 1 amide bonds. The minimum atomic E-state index is -0.750. The van der Waals surface area contributed by atoms with E-state index in [0.717, 1.165) is 0 Å². The van der Waals surface area contributed by atoms with Crippen LogP contribution in [0.2, 0.25) is 0 Å². The van der Waals surface area contributed by atoms with E-state index in [9.17, 15) is 14.3 Å². The molecule has 19 heavy (non-hydrogen) atoms. The number of halogens is 1. The molecule has 0 saturated carbocycles. The normalized spacial score (nSPS) is 12.3. The Bertz CT molecular complexity index is 433. The zero-order chi connectivity index (χ0) is 14.4. The van der Waals surface area contributed by atoms with Crippen LogP contribution in [0.1, 0.15) is 38.9 Å². The molecule has 0 fully saturated rings. The predicted molar refractivity (Wildman–Crippen MR) is 70.4 cm³/mol. The van der Waals surface area contributed by atoms with Gasteiger partial charge in [-0.15, -0.1) is 0 Å². The van der Waals surface area contributed by atoms with Crippen LogP contribution in [0.4, 0.5) is 4.39 Å². The van der Waals surface area contributed by atoms with Gasteiger partial charge >= 0.3 is 0 Å². The average Bonchev–Trinajstić information content (AvgIpc) is 2.27. The van der Waals surface area contributed by atoms with Crippen LogP contribution in [-0.4, -0.2) is 23.7 Å². The van der Waals surface area contributed by atoms with Crippen LogP contribution in [0.5, 0.6) is 5.75 Å². The SMILES string of the molecule is CC(C)NC(=O)CCOc1cc(F)ccc1C(C)O. The second-order valence-electron chi connectivity index (χ2n) is 4.68. The number of aliphatic hydroxyl groups excluding tert-OH is 1. The van der Waals surface area contributed by atoms with Gasteiger partial charge in [-0.1, -0.05) is 0 Å². The Balaban J connectivity index is 2.57. The topological polar surface area (TPSA) is 58.6 Å². The van der Waals surface area contributed by atoms with Crippen LogP contribution in [0.15, 0.2) is 18.2 Å². The number of ether oxygens (including phenoxy) is 1. The number of rotatable bonds is 6.